The highest BCUT2D eigenvalue weighted by molar-refractivity contribution is 7.89. The lowest BCUT2D eigenvalue weighted by atomic mass is 9.78. The van der Waals surface area contributed by atoms with E-state index in [-0.39, 0.29) is 11.7 Å². The highest BCUT2D eigenvalue weighted by Crippen LogP contribution is 2.41. The number of carbonyl (C=O) groups is 1. The van der Waals surface area contributed by atoms with E-state index in [9.17, 15) is 13.2 Å². The molecular weight excluding hydrogens is 348 g/mol. The summed E-state index contributed by atoms with van der Waals surface area (Å²) in [5, 5.41) is 0. The smallest absolute Gasteiger partial charge is 0.230 e. The van der Waals surface area contributed by atoms with Gasteiger partial charge in [0.25, 0.3) is 0 Å². The standard InChI is InChI=1S/C20H30N2O3S/c1-4-26(24,25)22-13-11-20(15-22)10-5-12-21(19(20)23)14-17-6-8-18(9-7-17)16(2)3/h6-9,16H,4-5,10-15H2,1-3H3/t20-/m1/s1. The van der Waals surface area contributed by atoms with Gasteiger partial charge in [-0.2, -0.15) is 0 Å². The maximum absolute atomic E-state index is 13.2. The zero-order valence-corrected chi connectivity index (χ0v) is 16.9. The summed E-state index contributed by atoms with van der Waals surface area (Å²) in [6.07, 6.45) is 2.38. The lowest BCUT2D eigenvalue weighted by Gasteiger charge is -2.39. The molecule has 1 spiro atoms. The van der Waals surface area contributed by atoms with Crippen molar-refractivity contribution in [3.8, 4) is 0 Å². The van der Waals surface area contributed by atoms with Crippen LogP contribution in [0.4, 0.5) is 0 Å². The third-order valence-electron chi connectivity index (χ3n) is 5.92. The fraction of sp³-hybridized carbons (Fsp3) is 0.650. The Kier molecular flexibility index (Phi) is 5.45. The summed E-state index contributed by atoms with van der Waals surface area (Å²) in [4.78, 5) is 15.1. The highest BCUT2D eigenvalue weighted by atomic mass is 32.2. The number of nitrogens with zero attached hydrogens (tertiary/aromatic N) is 2. The van der Waals surface area contributed by atoms with Gasteiger partial charge < -0.3 is 4.90 Å². The van der Waals surface area contributed by atoms with Gasteiger partial charge in [-0.3, -0.25) is 4.79 Å². The molecule has 0 N–H and O–H groups in total. The third-order valence-corrected chi connectivity index (χ3v) is 7.75. The van der Waals surface area contributed by atoms with Crippen molar-refractivity contribution in [2.45, 2.75) is 52.5 Å². The Balaban J connectivity index is 1.72. The Hall–Kier alpha value is -1.40. The van der Waals surface area contributed by atoms with Crippen molar-refractivity contribution in [1.29, 1.82) is 0 Å². The van der Waals surface area contributed by atoms with Gasteiger partial charge >= 0.3 is 0 Å². The number of likely N-dealkylation sites (tertiary alicyclic amines) is 1. The maximum atomic E-state index is 13.2. The minimum Gasteiger partial charge on any atom is -0.338 e. The van der Waals surface area contributed by atoms with Crippen LogP contribution in [-0.4, -0.2) is 48.9 Å². The number of sulfonamides is 1. The van der Waals surface area contributed by atoms with Gasteiger partial charge in [0.05, 0.1) is 11.2 Å². The molecule has 2 aliphatic heterocycles. The molecule has 1 atom stereocenters. The average molecular weight is 379 g/mol. The highest BCUT2D eigenvalue weighted by Gasteiger charge is 2.50. The number of amides is 1. The molecule has 2 saturated heterocycles. The van der Waals surface area contributed by atoms with Gasteiger partial charge in [0.1, 0.15) is 0 Å². The monoisotopic (exact) mass is 378 g/mol. The van der Waals surface area contributed by atoms with Crippen molar-refractivity contribution in [3.05, 3.63) is 35.4 Å². The summed E-state index contributed by atoms with van der Waals surface area (Å²) in [5.74, 6) is 0.725. The molecule has 5 nitrogen and oxygen atoms in total. The molecular formula is C20H30N2O3S. The first-order valence-corrected chi connectivity index (χ1v) is 11.2. The molecule has 2 heterocycles. The molecule has 26 heavy (non-hydrogen) atoms. The zero-order valence-electron chi connectivity index (χ0n) is 16.1. The molecule has 1 aromatic carbocycles. The van der Waals surface area contributed by atoms with Gasteiger partial charge in [-0.15, -0.1) is 0 Å². The minimum atomic E-state index is -3.22. The Bertz CT molecular complexity index is 758. The topological polar surface area (TPSA) is 57.7 Å². The first-order chi connectivity index (χ1) is 12.3. The van der Waals surface area contributed by atoms with Gasteiger partial charge in [-0.05, 0) is 43.2 Å². The van der Waals surface area contributed by atoms with E-state index in [4.69, 9.17) is 0 Å². The quantitative estimate of drug-likeness (QED) is 0.791. The fourth-order valence-electron chi connectivity index (χ4n) is 4.16. The van der Waals surface area contributed by atoms with Crippen LogP contribution in [0.3, 0.4) is 0 Å². The molecule has 3 rings (SSSR count). The molecule has 6 heteroatoms. The van der Waals surface area contributed by atoms with Gasteiger partial charge in [0, 0.05) is 26.2 Å². The van der Waals surface area contributed by atoms with E-state index in [1.807, 2.05) is 4.90 Å². The van der Waals surface area contributed by atoms with Crippen LogP contribution in [0, 0.1) is 5.41 Å². The van der Waals surface area contributed by atoms with E-state index >= 15 is 0 Å². The second-order valence-electron chi connectivity index (χ2n) is 7.99. The van der Waals surface area contributed by atoms with Crippen molar-refractivity contribution in [2.75, 3.05) is 25.4 Å². The second kappa shape index (κ2) is 7.31. The van der Waals surface area contributed by atoms with Crippen LogP contribution >= 0.6 is 0 Å². The molecule has 0 unspecified atom stereocenters. The van der Waals surface area contributed by atoms with Crippen LogP contribution in [0.1, 0.15) is 57.1 Å². The van der Waals surface area contributed by atoms with Crippen LogP contribution in [0.15, 0.2) is 24.3 Å². The number of carbonyl (C=O) groups excluding carboxylic acids is 1. The number of hydrogen-bond acceptors (Lipinski definition) is 3. The zero-order chi connectivity index (χ0) is 18.9. The van der Waals surface area contributed by atoms with Crippen molar-refractivity contribution < 1.29 is 13.2 Å². The molecule has 0 aliphatic carbocycles. The molecule has 0 bridgehead atoms. The van der Waals surface area contributed by atoms with Crippen molar-refractivity contribution in [3.63, 3.8) is 0 Å². The summed E-state index contributed by atoms with van der Waals surface area (Å²) in [6, 6.07) is 8.48. The van der Waals surface area contributed by atoms with Crippen molar-refractivity contribution in [2.24, 2.45) is 5.41 Å². The Morgan fingerprint density at radius 2 is 1.81 bits per heavy atom. The summed E-state index contributed by atoms with van der Waals surface area (Å²) < 4.78 is 25.9. The summed E-state index contributed by atoms with van der Waals surface area (Å²) in [6.45, 7) is 8.19. The van der Waals surface area contributed by atoms with E-state index in [0.29, 0.717) is 32.0 Å². The third kappa shape index (κ3) is 3.67. The number of rotatable bonds is 5. The Morgan fingerprint density at radius 1 is 1.12 bits per heavy atom. The van der Waals surface area contributed by atoms with Crippen LogP contribution in [0.2, 0.25) is 0 Å². The predicted molar refractivity (Wildman–Crippen MR) is 103 cm³/mol. The normalized spacial score (nSPS) is 24.8. The number of piperidine rings is 1. The van der Waals surface area contributed by atoms with Crippen LogP contribution in [-0.2, 0) is 21.4 Å². The van der Waals surface area contributed by atoms with Crippen LogP contribution in [0.5, 0.6) is 0 Å². The van der Waals surface area contributed by atoms with Crippen LogP contribution < -0.4 is 0 Å². The van der Waals surface area contributed by atoms with Crippen LogP contribution in [0.25, 0.3) is 0 Å². The molecule has 1 aromatic rings. The first-order valence-electron chi connectivity index (χ1n) is 9.63. The van der Waals surface area contributed by atoms with Gasteiger partial charge in [0.2, 0.25) is 15.9 Å². The molecule has 1 amide bonds. The second-order valence-corrected chi connectivity index (χ2v) is 10.2. The molecule has 2 fully saturated rings. The molecule has 0 saturated carbocycles. The lowest BCUT2D eigenvalue weighted by Crippen LogP contribution is -2.50. The average Bonchev–Trinajstić information content (AvgIpc) is 3.05. The molecule has 2 aliphatic rings. The van der Waals surface area contributed by atoms with E-state index in [1.54, 1.807) is 6.92 Å². The maximum Gasteiger partial charge on any atom is 0.230 e. The van der Waals surface area contributed by atoms with E-state index in [2.05, 4.69) is 38.1 Å². The van der Waals surface area contributed by atoms with Gasteiger partial charge in [0.15, 0.2) is 0 Å². The SMILES string of the molecule is CCS(=O)(=O)N1CC[C@]2(CCCN(Cc3ccc(C(C)C)cc3)C2=O)C1. The molecule has 0 radical (unpaired) electrons. The Labute approximate surface area is 157 Å². The molecule has 144 valence electrons. The predicted octanol–water partition coefficient (Wildman–Crippen LogP) is 2.97. The largest absolute Gasteiger partial charge is 0.338 e. The van der Waals surface area contributed by atoms with E-state index < -0.39 is 15.4 Å². The molecule has 0 aromatic heterocycles. The van der Waals surface area contributed by atoms with E-state index in [0.717, 1.165) is 24.9 Å². The van der Waals surface area contributed by atoms with E-state index in [1.165, 1.54) is 9.87 Å². The number of benzene rings is 1. The minimum absolute atomic E-state index is 0.100. The van der Waals surface area contributed by atoms with Crippen molar-refractivity contribution >= 4 is 15.9 Å². The lowest BCUT2D eigenvalue weighted by molar-refractivity contribution is -0.146. The fourth-order valence-corrected chi connectivity index (χ4v) is 5.34. The van der Waals surface area contributed by atoms with Crippen molar-refractivity contribution in [1.82, 2.24) is 9.21 Å². The van der Waals surface area contributed by atoms with Gasteiger partial charge in [-0.1, -0.05) is 38.1 Å². The Morgan fingerprint density at radius 3 is 2.42 bits per heavy atom. The number of hydrogen-bond donors (Lipinski definition) is 0. The summed E-state index contributed by atoms with van der Waals surface area (Å²) >= 11 is 0. The first kappa shape index (κ1) is 19.4. The summed E-state index contributed by atoms with van der Waals surface area (Å²) in [7, 11) is -3.22. The van der Waals surface area contributed by atoms with Gasteiger partial charge in [-0.25, -0.2) is 12.7 Å². The summed E-state index contributed by atoms with van der Waals surface area (Å²) in [5.41, 5.74) is 1.92.